The number of carbonyl (C=O) groups excluding carboxylic acids is 1. The van der Waals surface area contributed by atoms with E-state index in [9.17, 15) is 13.2 Å². The third kappa shape index (κ3) is 4.11. The second-order valence-electron chi connectivity index (χ2n) is 6.34. The first kappa shape index (κ1) is 18.9. The van der Waals surface area contributed by atoms with Gasteiger partial charge in [-0.05, 0) is 36.6 Å². The number of piperidine rings is 1. The number of hydrogen-bond acceptors (Lipinski definition) is 4. The molecule has 1 aromatic carbocycles. The van der Waals surface area contributed by atoms with E-state index >= 15 is 0 Å². The Morgan fingerprint density at radius 2 is 1.81 bits per heavy atom. The molecule has 6 nitrogen and oxygen atoms in total. The van der Waals surface area contributed by atoms with E-state index in [2.05, 4.69) is 0 Å². The van der Waals surface area contributed by atoms with Crippen molar-refractivity contribution in [2.75, 3.05) is 13.1 Å². The highest BCUT2D eigenvalue weighted by Crippen LogP contribution is 2.22. The number of esters is 1. The molecule has 1 saturated heterocycles. The molecular formula is C18H21ClN2O4S. The zero-order valence-corrected chi connectivity index (χ0v) is 16.1. The zero-order chi connectivity index (χ0) is 18.7. The second-order valence-corrected chi connectivity index (χ2v) is 8.71. The molecule has 0 unspecified atom stereocenters. The molecular weight excluding hydrogens is 376 g/mol. The summed E-state index contributed by atoms with van der Waals surface area (Å²) in [5.74, 6) is -0.567. The summed E-state index contributed by atoms with van der Waals surface area (Å²) in [7, 11) is -1.95. The highest BCUT2D eigenvalue weighted by atomic mass is 35.5. The molecule has 0 atom stereocenters. The highest BCUT2D eigenvalue weighted by molar-refractivity contribution is 7.89. The van der Waals surface area contributed by atoms with E-state index in [1.54, 1.807) is 31.3 Å². The summed E-state index contributed by atoms with van der Waals surface area (Å²) >= 11 is 5.83. The fourth-order valence-corrected chi connectivity index (χ4v) is 4.65. The molecule has 1 aliphatic rings. The average molecular weight is 397 g/mol. The first-order valence-electron chi connectivity index (χ1n) is 8.46. The van der Waals surface area contributed by atoms with Gasteiger partial charge in [-0.25, -0.2) is 13.2 Å². The van der Waals surface area contributed by atoms with E-state index in [0.717, 1.165) is 24.8 Å². The average Bonchev–Trinajstić information content (AvgIpc) is 3.04. The van der Waals surface area contributed by atoms with E-state index in [1.165, 1.54) is 21.1 Å². The van der Waals surface area contributed by atoms with Crippen LogP contribution in [0.15, 0.2) is 41.4 Å². The van der Waals surface area contributed by atoms with Crippen molar-refractivity contribution in [3.05, 3.63) is 52.8 Å². The Kier molecular flexibility index (Phi) is 5.70. The molecule has 3 rings (SSSR count). The van der Waals surface area contributed by atoms with Crippen molar-refractivity contribution in [2.24, 2.45) is 7.05 Å². The molecule has 0 spiro atoms. The van der Waals surface area contributed by atoms with Crippen molar-refractivity contribution < 1.29 is 17.9 Å². The van der Waals surface area contributed by atoms with Gasteiger partial charge in [-0.1, -0.05) is 30.2 Å². The summed E-state index contributed by atoms with van der Waals surface area (Å²) in [6.45, 7) is 1.14. The molecule has 0 amide bonds. The van der Waals surface area contributed by atoms with E-state index in [-0.39, 0.29) is 17.2 Å². The molecule has 2 aromatic rings. The first-order valence-corrected chi connectivity index (χ1v) is 10.3. The van der Waals surface area contributed by atoms with E-state index in [4.69, 9.17) is 16.3 Å². The molecule has 140 valence electrons. The number of rotatable bonds is 5. The van der Waals surface area contributed by atoms with Crippen LogP contribution in [0.25, 0.3) is 0 Å². The van der Waals surface area contributed by atoms with E-state index in [1.807, 2.05) is 0 Å². The normalized spacial score (nSPS) is 15.8. The summed E-state index contributed by atoms with van der Waals surface area (Å²) < 4.78 is 33.7. The minimum Gasteiger partial charge on any atom is -0.456 e. The summed E-state index contributed by atoms with van der Waals surface area (Å²) in [6.07, 6.45) is 4.23. The third-order valence-electron chi connectivity index (χ3n) is 4.42. The van der Waals surface area contributed by atoms with E-state index < -0.39 is 16.0 Å². The minimum absolute atomic E-state index is 0.0926. The van der Waals surface area contributed by atoms with Crippen LogP contribution in [0, 0.1) is 0 Å². The fourth-order valence-electron chi connectivity index (χ4n) is 2.94. The van der Waals surface area contributed by atoms with Gasteiger partial charge in [0.1, 0.15) is 17.2 Å². The predicted molar refractivity (Wildman–Crippen MR) is 98.6 cm³/mol. The van der Waals surface area contributed by atoms with Gasteiger partial charge >= 0.3 is 5.97 Å². The number of ether oxygens (including phenoxy) is 1. The Labute approximate surface area is 158 Å². The van der Waals surface area contributed by atoms with Gasteiger partial charge in [0.25, 0.3) is 0 Å². The molecule has 1 aromatic heterocycles. The van der Waals surface area contributed by atoms with Gasteiger partial charge in [-0.2, -0.15) is 4.31 Å². The Morgan fingerprint density at radius 1 is 1.15 bits per heavy atom. The molecule has 26 heavy (non-hydrogen) atoms. The third-order valence-corrected chi connectivity index (χ3v) is 6.54. The van der Waals surface area contributed by atoms with Crippen LogP contribution in [0.4, 0.5) is 0 Å². The van der Waals surface area contributed by atoms with Crippen LogP contribution >= 0.6 is 11.6 Å². The second kappa shape index (κ2) is 7.82. The van der Waals surface area contributed by atoms with Crippen LogP contribution < -0.4 is 0 Å². The van der Waals surface area contributed by atoms with Gasteiger partial charge in [0.05, 0.1) is 0 Å². The molecule has 8 heteroatoms. The highest BCUT2D eigenvalue weighted by Gasteiger charge is 2.28. The van der Waals surface area contributed by atoms with Crippen molar-refractivity contribution in [1.29, 1.82) is 0 Å². The van der Waals surface area contributed by atoms with Gasteiger partial charge in [0, 0.05) is 31.4 Å². The number of nitrogens with zero attached hydrogens (tertiary/aromatic N) is 2. The Hall–Kier alpha value is -1.83. The maximum atomic E-state index is 12.7. The van der Waals surface area contributed by atoms with Crippen LogP contribution in [-0.4, -0.2) is 36.3 Å². The molecule has 0 bridgehead atoms. The Morgan fingerprint density at radius 3 is 2.46 bits per heavy atom. The van der Waals surface area contributed by atoms with E-state index in [0.29, 0.717) is 18.1 Å². The summed E-state index contributed by atoms with van der Waals surface area (Å²) in [6, 6.07) is 8.36. The topological polar surface area (TPSA) is 68.6 Å². The lowest BCUT2D eigenvalue weighted by atomic mass is 10.2. The van der Waals surface area contributed by atoms with Crippen LogP contribution in [-0.2, 0) is 28.4 Å². The van der Waals surface area contributed by atoms with Gasteiger partial charge in [-0.15, -0.1) is 0 Å². The number of hydrogen-bond donors (Lipinski definition) is 0. The van der Waals surface area contributed by atoms with Gasteiger partial charge in [0.2, 0.25) is 10.0 Å². The van der Waals surface area contributed by atoms with Gasteiger partial charge in [0.15, 0.2) is 0 Å². The number of aromatic nitrogens is 1. The van der Waals surface area contributed by atoms with Crippen molar-refractivity contribution >= 4 is 27.6 Å². The number of carbonyl (C=O) groups is 1. The lowest BCUT2D eigenvalue weighted by molar-refractivity contribution is 0.0461. The SMILES string of the molecule is Cn1cc(S(=O)(=O)N2CCCCC2)cc1C(=O)OCc1ccc(Cl)cc1. The number of aryl methyl sites for hydroxylation is 1. The molecule has 0 N–H and O–H groups in total. The predicted octanol–water partition coefficient (Wildman–Crippen LogP) is 3.21. The quantitative estimate of drug-likeness (QED) is 0.728. The standard InChI is InChI=1S/C18H21ClN2O4S/c1-20-12-16(26(23,24)21-9-3-2-4-10-21)11-17(20)18(22)25-13-14-5-7-15(19)8-6-14/h5-8,11-12H,2-4,9-10,13H2,1H3. The summed E-state index contributed by atoms with van der Waals surface area (Å²) in [5.41, 5.74) is 1.01. The summed E-state index contributed by atoms with van der Waals surface area (Å²) in [5, 5.41) is 0.607. The lowest BCUT2D eigenvalue weighted by Gasteiger charge is -2.25. The monoisotopic (exact) mass is 396 g/mol. The fraction of sp³-hybridized carbons (Fsp3) is 0.389. The Bertz CT molecular complexity index is 884. The van der Waals surface area contributed by atoms with Gasteiger partial charge in [-0.3, -0.25) is 0 Å². The molecule has 0 radical (unpaired) electrons. The zero-order valence-electron chi connectivity index (χ0n) is 14.5. The number of benzene rings is 1. The maximum absolute atomic E-state index is 12.7. The van der Waals surface area contributed by atoms with Crippen LogP contribution in [0.1, 0.15) is 35.3 Å². The largest absolute Gasteiger partial charge is 0.456 e. The lowest BCUT2D eigenvalue weighted by Crippen LogP contribution is -2.35. The van der Waals surface area contributed by atoms with Gasteiger partial charge < -0.3 is 9.30 Å². The molecule has 1 fully saturated rings. The van der Waals surface area contributed by atoms with Crippen LogP contribution in [0.5, 0.6) is 0 Å². The molecule has 0 aliphatic carbocycles. The Balaban J connectivity index is 1.72. The minimum atomic E-state index is -3.58. The molecule has 0 saturated carbocycles. The smallest absolute Gasteiger partial charge is 0.355 e. The first-order chi connectivity index (χ1) is 12.4. The number of halogens is 1. The number of sulfonamides is 1. The molecule has 1 aliphatic heterocycles. The summed E-state index contributed by atoms with van der Waals surface area (Å²) in [4.78, 5) is 12.5. The van der Waals surface area contributed by atoms with Crippen molar-refractivity contribution in [2.45, 2.75) is 30.8 Å². The van der Waals surface area contributed by atoms with Crippen molar-refractivity contribution in [3.8, 4) is 0 Å². The van der Waals surface area contributed by atoms with Crippen molar-refractivity contribution in [3.63, 3.8) is 0 Å². The van der Waals surface area contributed by atoms with Crippen LogP contribution in [0.3, 0.4) is 0 Å². The van der Waals surface area contributed by atoms with Crippen molar-refractivity contribution in [1.82, 2.24) is 8.87 Å². The molecule has 2 heterocycles. The maximum Gasteiger partial charge on any atom is 0.355 e. The van der Waals surface area contributed by atoms with Crippen LogP contribution in [0.2, 0.25) is 5.02 Å².